The Morgan fingerprint density at radius 2 is 2.04 bits per heavy atom. The zero-order valence-corrected chi connectivity index (χ0v) is 13.0. The van der Waals surface area contributed by atoms with E-state index in [1.54, 1.807) is 18.2 Å². The van der Waals surface area contributed by atoms with E-state index >= 15 is 0 Å². The summed E-state index contributed by atoms with van der Waals surface area (Å²) in [6.07, 6.45) is 0. The number of aromatic nitrogens is 2. The predicted molar refractivity (Wildman–Crippen MR) is 88.5 cm³/mol. The molecule has 0 aliphatic carbocycles. The molecule has 1 amide bonds. The number of amides is 1. The van der Waals surface area contributed by atoms with Gasteiger partial charge in [0.1, 0.15) is 0 Å². The Morgan fingerprint density at radius 3 is 2.76 bits per heavy atom. The van der Waals surface area contributed by atoms with Crippen LogP contribution in [-0.2, 0) is 4.74 Å². The lowest BCUT2D eigenvalue weighted by molar-refractivity contribution is -0.384. The number of rotatable bonds is 4. The molecule has 1 heterocycles. The molecule has 2 N–H and O–H groups in total. The van der Waals surface area contributed by atoms with Crippen LogP contribution in [0.3, 0.4) is 0 Å². The van der Waals surface area contributed by atoms with Gasteiger partial charge in [0, 0.05) is 23.2 Å². The lowest BCUT2D eigenvalue weighted by atomic mass is 10.1. The molecule has 0 bridgehead atoms. The van der Waals surface area contributed by atoms with Gasteiger partial charge in [0.15, 0.2) is 5.69 Å². The summed E-state index contributed by atoms with van der Waals surface area (Å²) in [6.45, 7) is 0. The third-order valence-electron chi connectivity index (χ3n) is 3.51. The van der Waals surface area contributed by atoms with E-state index in [1.807, 2.05) is 0 Å². The monoisotopic (exact) mass is 340 g/mol. The Bertz CT molecular complexity index is 995. The summed E-state index contributed by atoms with van der Waals surface area (Å²) in [7, 11) is 1.26. The van der Waals surface area contributed by atoms with Gasteiger partial charge in [0.05, 0.1) is 23.1 Å². The Morgan fingerprint density at radius 1 is 1.24 bits per heavy atom. The number of aromatic amines is 1. The number of anilines is 1. The lowest BCUT2D eigenvalue weighted by Crippen LogP contribution is -2.13. The maximum absolute atomic E-state index is 12.4. The van der Waals surface area contributed by atoms with E-state index in [0.29, 0.717) is 16.6 Å². The van der Waals surface area contributed by atoms with Gasteiger partial charge >= 0.3 is 5.97 Å². The van der Waals surface area contributed by atoms with Gasteiger partial charge in [-0.05, 0) is 24.3 Å². The van der Waals surface area contributed by atoms with Crippen LogP contribution in [0.25, 0.3) is 10.9 Å². The number of nitrogens with one attached hydrogen (secondary N) is 2. The summed E-state index contributed by atoms with van der Waals surface area (Å²) in [6, 6.07) is 10.3. The second kappa shape index (κ2) is 6.40. The van der Waals surface area contributed by atoms with Crippen LogP contribution in [0.4, 0.5) is 11.4 Å². The van der Waals surface area contributed by atoms with Crippen molar-refractivity contribution in [1.82, 2.24) is 10.2 Å². The van der Waals surface area contributed by atoms with Crippen LogP contribution >= 0.6 is 0 Å². The molecule has 1 aromatic heterocycles. The third-order valence-corrected chi connectivity index (χ3v) is 3.51. The highest BCUT2D eigenvalue weighted by Crippen LogP contribution is 2.23. The van der Waals surface area contributed by atoms with E-state index in [4.69, 9.17) is 0 Å². The standard InChI is InChI=1S/C16H12N4O5/c1-25-16(22)9-3-2-4-10(7-9)17-15(21)14-12-8-11(20(23)24)5-6-13(12)18-19-14/h2-8H,1H3,(H,17,21)(H,18,19). The molecule has 9 heteroatoms. The number of carbonyl (C=O) groups excluding carboxylic acids is 2. The third kappa shape index (κ3) is 3.15. The second-order valence-corrected chi connectivity index (χ2v) is 5.09. The summed E-state index contributed by atoms with van der Waals surface area (Å²) in [5, 5.41) is 20.4. The minimum Gasteiger partial charge on any atom is -0.465 e. The molecule has 0 spiro atoms. The van der Waals surface area contributed by atoms with Crippen LogP contribution in [0.2, 0.25) is 0 Å². The molecule has 0 aliphatic heterocycles. The van der Waals surface area contributed by atoms with Gasteiger partial charge in [-0.25, -0.2) is 4.79 Å². The van der Waals surface area contributed by atoms with Crippen molar-refractivity contribution in [3.63, 3.8) is 0 Å². The van der Waals surface area contributed by atoms with E-state index in [1.165, 1.54) is 31.4 Å². The molecular formula is C16H12N4O5. The van der Waals surface area contributed by atoms with Gasteiger partial charge < -0.3 is 10.1 Å². The first kappa shape index (κ1) is 16.1. The Kier molecular flexibility index (Phi) is 4.12. The summed E-state index contributed by atoms with van der Waals surface area (Å²) >= 11 is 0. The summed E-state index contributed by atoms with van der Waals surface area (Å²) in [5.74, 6) is -1.09. The number of nitrogens with zero attached hydrogens (tertiary/aromatic N) is 2. The zero-order valence-electron chi connectivity index (χ0n) is 13.0. The number of H-pyrrole nitrogens is 1. The average molecular weight is 340 g/mol. The molecule has 3 rings (SSSR count). The molecule has 0 saturated carbocycles. The van der Waals surface area contributed by atoms with Gasteiger partial charge in [-0.2, -0.15) is 5.10 Å². The molecule has 9 nitrogen and oxygen atoms in total. The van der Waals surface area contributed by atoms with Crippen molar-refractivity contribution in [2.75, 3.05) is 12.4 Å². The lowest BCUT2D eigenvalue weighted by Gasteiger charge is -2.05. The van der Waals surface area contributed by atoms with Crippen molar-refractivity contribution >= 4 is 34.2 Å². The maximum atomic E-state index is 12.4. The molecule has 2 aromatic carbocycles. The maximum Gasteiger partial charge on any atom is 0.337 e. The molecule has 0 saturated heterocycles. The van der Waals surface area contributed by atoms with Crippen molar-refractivity contribution in [2.24, 2.45) is 0 Å². The minimum atomic E-state index is -0.561. The Balaban J connectivity index is 1.91. The van der Waals surface area contributed by atoms with Gasteiger partial charge in [-0.15, -0.1) is 0 Å². The first-order chi connectivity index (χ1) is 12.0. The Hall–Kier alpha value is -3.75. The van der Waals surface area contributed by atoms with Gasteiger partial charge in [-0.1, -0.05) is 6.07 Å². The predicted octanol–water partition coefficient (Wildman–Crippen LogP) is 2.51. The van der Waals surface area contributed by atoms with Crippen LogP contribution in [-0.4, -0.2) is 34.1 Å². The highest BCUT2D eigenvalue weighted by atomic mass is 16.6. The fraction of sp³-hybridized carbons (Fsp3) is 0.0625. The van der Waals surface area contributed by atoms with Crippen molar-refractivity contribution in [1.29, 1.82) is 0 Å². The highest BCUT2D eigenvalue weighted by Gasteiger charge is 2.18. The number of methoxy groups -OCH3 is 1. The van der Waals surface area contributed by atoms with Gasteiger partial charge in [0.2, 0.25) is 0 Å². The first-order valence-electron chi connectivity index (χ1n) is 7.12. The van der Waals surface area contributed by atoms with Crippen molar-refractivity contribution < 1.29 is 19.2 Å². The Labute approximate surface area is 140 Å². The van der Waals surface area contributed by atoms with Crippen LogP contribution in [0.15, 0.2) is 42.5 Å². The molecule has 3 aromatic rings. The van der Waals surface area contributed by atoms with Crippen molar-refractivity contribution in [3.05, 3.63) is 63.8 Å². The van der Waals surface area contributed by atoms with E-state index < -0.39 is 16.8 Å². The number of carbonyl (C=O) groups is 2. The van der Waals surface area contributed by atoms with Crippen LogP contribution in [0.5, 0.6) is 0 Å². The molecular weight excluding hydrogens is 328 g/mol. The number of non-ortho nitro benzene ring substituents is 1. The van der Waals surface area contributed by atoms with E-state index in [2.05, 4.69) is 20.3 Å². The smallest absolute Gasteiger partial charge is 0.337 e. The normalized spacial score (nSPS) is 10.4. The SMILES string of the molecule is COC(=O)c1cccc(NC(=O)c2n[nH]c3ccc([N+](=O)[O-])cc23)c1. The molecule has 0 fully saturated rings. The van der Waals surface area contributed by atoms with Gasteiger partial charge in [-0.3, -0.25) is 20.0 Å². The number of hydrogen-bond acceptors (Lipinski definition) is 6. The summed E-state index contributed by atoms with van der Waals surface area (Å²) < 4.78 is 4.63. The molecule has 25 heavy (non-hydrogen) atoms. The highest BCUT2D eigenvalue weighted by molar-refractivity contribution is 6.11. The summed E-state index contributed by atoms with van der Waals surface area (Å²) in [5.41, 5.74) is 1.02. The first-order valence-corrected chi connectivity index (χ1v) is 7.12. The number of nitro groups is 1. The molecule has 0 unspecified atom stereocenters. The van der Waals surface area contributed by atoms with E-state index in [-0.39, 0.29) is 16.9 Å². The largest absolute Gasteiger partial charge is 0.465 e. The van der Waals surface area contributed by atoms with E-state index in [0.717, 1.165) is 0 Å². The quantitative estimate of drug-likeness (QED) is 0.427. The fourth-order valence-electron chi connectivity index (χ4n) is 2.32. The van der Waals surface area contributed by atoms with Gasteiger partial charge in [0.25, 0.3) is 11.6 Å². The molecule has 0 radical (unpaired) electrons. The molecule has 126 valence electrons. The number of esters is 1. The van der Waals surface area contributed by atoms with E-state index in [9.17, 15) is 19.7 Å². The van der Waals surface area contributed by atoms with Crippen LogP contribution in [0.1, 0.15) is 20.8 Å². The number of fused-ring (bicyclic) bond motifs is 1. The second-order valence-electron chi connectivity index (χ2n) is 5.09. The topological polar surface area (TPSA) is 127 Å². The van der Waals surface area contributed by atoms with Crippen LogP contribution < -0.4 is 5.32 Å². The molecule has 0 aliphatic rings. The van der Waals surface area contributed by atoms with Crippen molar-refractivity contribution in [3.8, 4) is 0 Å². The number of nitro benzene ring substituents is 1. The number of ether oxygens (including phenoxy) is 1. The zero-order chi connectivity index (χ0) is 18.0. The molecule has 0 atom stereocenters. The minimum absolute atomic E-state index is 0.0159. The fourth-order valence-corrected chi connectivity index (χ4v) is 2.32. The summed E-state index contributed by atoms with van der Waals surface area (Å²) in [4.78, 5) is 34.3. The van der Waals surface area contributed by atoms with Crippen molar-refractivity contribution in [2.45, 2.75) is 0 Å². The average Bonchev–Trinajstić information content (AvgIpc) is 3.04. The number of hydrogen-bond donors (Lipinski definition) is 2. The number of benzene rings is 2. The van der Waals surface area contributed by atoms with Crippen LogP contribution in [0, 0.1) is 10.1 Å².